The third kappa shape index (κ3) is 2.95. The van der Waals surface area contributed by atoms with Crippen molar-refractivity contribution in [1.29, 1.82) is 0 Å². The van der Waals surface area contributed by atoms with Gasteiger partial charge >= 0.3 is 0 Å². The lowest BCUT2D eigenvalue weighted by molar-refractivity contribution is -0.0520. The van der Waals surface area contributed by atoms with Crippen LogP contribution in [0.3, 0.4) is 0 Å². The van der Waals surface area contributed by atoms with Crippen LogP contribution in [0.4, 0.5) is 10.1 Å². The predicted molar refractivity (Wildman–Crippen MR) is 84.8 cm³/mol. The van der Waals surface area contributed by atoms with Crippen LogP contribution >= 0.6 is 0 Å². The largest absolute Gasteiger partial charge is 0.391 e. The van der Waals surface area contributed by atoms with Crippen molar-refractivity contribution in [3.8, 4) is 0 Å². The third-order valence-electron chi connectivity index (χ3n) is 5.72. The summed E-state index contributed by atoms with van der Waals surface area (Å²) < 4.78 is 19.4. The molecule has 2 aliphatic heterocycles. The molecule has 0 unspecified atom stereocenters. The zero-order chi connectivity index (χ0) is 15.8. The van der Waals surface area contributed by atoms with E-state index in [0.717, 1.165) is 52.2 Å². The van der Waals surface area contributed by atoms with Crippen LogP contribution in [-0.2, 0) is 4.74 Å². The number of ether oxygens (including phenoxy) is 1. The summed E-state index contributed by atoms with van der Waals surface area (Å²) in [6.45, 7) is 5.03. The lowest BCUT2D eigenvalue weighted by atomic mass is 9.77. The number of aliphatic hydroxyl groups is 1. The number of morpholine rings is 1. The van der Waals surface area contributed by atoms with E-state index < -0.39 is 0 Å². The van der Waals surface area contributed by atoms with Crippen molar-refractivity contribution in [3.05, 3.63) is 24.3 Å². The molecule has 126 valence electrons. The molecule has 3 aliphatic rings. The molecule has 4 atom stereocenters. The van der Waals surface area contributed by atoms with Gasteiger partial charge in [0.2, 0.25) is 0 Å². The quantitative estimate of drug-likeness (QED) is 0.885. The van der Waals surface area contributed by atoms with Crippen LogP contribution in [0.1, 0.15) is 12.8 Å². The second kappa shape index (κ2) is 6.34. The van der Waals surface area contributed by atoms with E-state index >= 15 is 0 Å². The lowest BCUT2D eigenvalue weighted by Gasteiger charge is -2.43. The normalized spacial score (nSPS) is 35.3. The van der Waals surface area contributed by atoms with Crippen molar-refractivity contribution in [3.63, 3.8) is 0 Å². The lowest BCUT2D eigenvalue weighted by Crippen LogP contribution is -2.53. The molecule has 6 heteroatoms. The molecule has 1 aliphatic carbocycles. The standard InChI is InChI=1S/C17H24FN3O2/c18-14-9-19-2-1-15(14)21-10-12-7-16(17(22)8-13(12)11-21)20-3-5-23-6-4-20/h1-2,9,12-13,16-17,22H,3-8,10-11H2/t12-,13+,16-,17-/m1/s1. The summed E-state index contributed by atoms with van der Waals surface area (Å²) in [5.74, 6) is 0.727. The summed E-state index contributed by atoms with van der Waals surface area (Å²) in [4.78, 5) is 8.33. The summed E-state index contributed by atoms with van der Waals surface area (Å²) in [6.07, 6.45) is 4.45. The molecule has 1 aromatic rings. The molecule has 0 aromatic carbocycles. The van der Waals surface area contributed by atoms with Gasteiger partial charge < -0.3 is 14.7 Å². The number of aromatic nitrogens is 1. The molecular formula is C17H24FN3O2. The van der Waals surface area contributed by atoms with Crippen molar-refractivity contribution < 1.29 is 14.2 Å². The van der Waals surface area contributed by atoms with Crippen LogP contribution in [-0.4, -0.2) is 66.5 Å². The highest BCUT2D eigenvalue weighted by molar-refractivity contribution is 5.47. The Morgan fingerprint density at radius 1 is 1.17 bits per heavy atom. The first-order valence-electron chi connectivity index (χ1n) is 8.56. The second-order valence-corrected chi connectivity index (χ2v) is 7.01. The summed E-state index contributed by atoms with van der Waals surface area (Å²) in [6, 6.07) is 1.98. The van der Waals surface area contributed by atoms with Crippen molar-refractivity contribution in [2.24, 2.45) is 11.8 Å². The number of nitrogens with zero attached hydrogens (tertiary/aromatic N) is 3. The molecule has 1 saturated carbocycles. The number of hydrogen-bond donors (Lipinski definition) is 1. The SMILES string of the molecule is O[C@@H]1C[C@H]2CN(c3ccncc3F)C[C@H]2C[C@H]1N1CCOCC1. The number of anilines is 1. The van der Waals surface area contributed by atoms with Gasteiger partial charge in [-0.3, -0.25) is 9.88 Å². The topological polar surface area (TPSA) is 48.8 Å². The summed E-state index contributed by atoms with van der Waals surface area (Å²) in [5, 5.41) is 10.6. The van der Waals surface area contributed by atoms with E-state index in [2.05, 4.69) is 14.8 Å². The Hall–Kier alpha value is -1.24. The zero-order valence-corrected chi connectivity index (χ0v) is 13.3. The van der Waals surface area contributed by atoms with Crippen molar-refractivity contribution in [1.82, 2.24) is 9.88 Å². The Kier molecular flexibility index (Phi) is 4.22. The van der Waals surface area contributed by atoms with Crippen molar-refractivity contribution in [2.75, 3.05) is 44.3 Å². The maximum absolute atomic E-state index is 14.0. The third-order valence-corrected chi connectivity index (χ3v) is 5.72. The summed E-state index contributed by atoms with van der Waals surface area (Å²) in [5.41, 5.74) is 0.645. The Labute approximate surface area is 136 Å². The average Bonchev–Trinajstić information content (AvgIpc) is 2.98. The van der Waals surface area contributed by atoms with Gasteiger partial charge in [-0.15, -0.1) is 0 Å². The van der Waals surface area contributed by atoms with Gasteiger partial charge in [-0.2, -0.15) is 0 Å². The number of rotatable bonds is 2. The summed E-state index contributed by atoms with van der Waals surface area (Å²) in [7, 11) is 0. The van der Waals surface area contributed by atoms with Gasteiger partial charge in [0.1, 0.15) is 0 Å². The highest BCUT2D eigenvalue weighted by Gasteiger charge is 2.44. The maximum Gasteiger partial charge on any atom is 0.164 e. The number of hydrogen-bond acceptors (Lipinski definition) is 5. The van der Waals surface area contributed by atoms with Gasteiger partial charge in [0, 0.05) is 38.4 Å². The van der Waals surface area contributed by atoms with E-state index in [1.807, 2.05) is 0 Å². The smallest absolute Gasteiger partial charge is 0.164 e. The molecule has 23 heavy (non-hydrogen) atoms. The number of pyridine rings is 1. The molecule has 0 radical (unpaired) electrons. The molecule has 0 spiro atoms. The molecule has 4 rings (SSSR count). The molecule has 2 saturated heterocycles. The minimum atomic E-state index is -0.281. The molecule has 3 fully saturated rings. The molecule has 0 bridgehead atoms. The molecular weight excluding hydrogens is 297 g/mol. The van der Waals surface area contributed by atoms with E-state index in [1.165, 1.54) is 6.20 Å². The van der Waals surface area contributed by atoms with Crippen LogP contribution in [0.2, 0.25) is 0 Å². The molecule has 1 N–H and O–H groups in total. The van der Waals surface area contributed by atoms with Crippen LogP contribution < -0.4 is 4.90 Å². The first kappa shape index (κ1) is 15.3. The molecule has 5 nitrogen and oxygen atoms in total. The predicted octanol–water partition coefficient (Wildman–Crippen LogP) is 1.13. The summed E-state index contributed by atoms with van der Waals surface area (Å²) >= 11 is 0. The Balaban J connectivity index is 1.46. The van der Waals surface area contributed by atoms with Crippen LogP contribution in [0.15, 0.2) is 18.5 Å². The first-order chi connectivity index (χ1) is 11.2. The fourth-order valence-corrected chi connectivity index (χ4v) is 4.53. The van der Waals surface area contributed by atoms with Crippen LogP contribution in [0.5, 0.6) is 0 Å². The van der Waals surface area contributed by atoms with Gasteiger partial charge in [-0.25, -0.2) is 4.39 Å². The molecule has 1 aromatic heterocycles. The van der Waals surface area contributed by atoms with Gasteiger partial charge in [0.15, 0.2) is 5.82 Å². The molecule has 3 heterocycles. The molecule has 0 amide bonds. The van der Waals surface area contributed by atoms with E-state index in [1.54, 1.807) is 12.3 Å². The minimum Gasteiger partial charge on any atom is -0.391 e. The van der Waals surface area contributed by atoms with Crippen molar-refractivity contribution in [2.45, 2.75) is 25.0 Å². The fraction of sp³-hybridized carbons (Fsp3) is 0.706. The Morgan fingerprint density at radius 3 is 2.65 bits per heavy atom. The number of halogens is 1. The minimum absolute atomic E-state index is 0.224. The highest BCUT2D eigenvalue weighted by atomic mass is 19.1. The van der Waals surface area contributed by atoms with E-state index in [0.29, 0.717) is 17.5 Å². The Bertz CT molecular complexity index is 552. The number of aliphatic hydroxyl groups excluding tert-OH is 1. The average molecular weight is 321 g/mol. The number of fused-ring (bicyclic) bond motifs is 1. The van der Waals surface area contributed by atoms with Gasteiger partial charge in [0.25, 0.3) is 0 Å². The van der Waals surface area contributed by atoms with E-state index in [9.17, 15) is 9.50 Å². The van der Waals surface area contributed by atoms with Gasteiger partial charge in [-0.1, -0.05) is 0 Å². The maximum atomic E-state index is 14.0. The Morgan fingerprint density at radius 2 is 1.91 bits per heavy atom. The monoisotopic (exact) mass is 321 g/mol. The zero-order valence-electron chi connectivity index (χ0n) is 13.3. The van der Waals surface area contributed by atoms with Gasteiger partial charge in [0.05, 0.1) is 31.2 Å². The van der Waals surface area contributed by atoms with E-state index in [-0.39, 0.29) is 18.0 Å². The van der Waals surface area contributed by atoms with Gasteiger partial charge in [-0.05, 0) is 30.7 Å². The highest BCUT2D eigenvalue weighted by Crippen LogP contribution is 2.40. The van der Waals surface area contributed by atoms with Crippen LogP contribution in [0.25, 0.3) is 0 Å². The van der Waals surface area contributed by atoms with E-state index in [4.69, 9.17) is 4.74 Å². The first-order valence-corrected chi connectivity index (χ1v) is 8.56. The van der Waals surface area contributed by atoms with Crippen LogP contribution in [0, 0.1) is 17.7 Å². The second-order valence-electron chi connectivity index (χ2n) is 7.01. The fourth-order valence-electron chi connectivity index (χ4n) is 4.53. The van der Waals surface area contributed by atoms with Crippen molar-refractivity contribution >= 4 is 5.69 Å².